The van der Waals surface area contributed by atoms with Gasteiger partial charge in [-0.25, -0.2) is 0 Å². The van der Waals surface area contributed by atoms with Crippen LogP contribution in [0, 0.1) is 10.1 Å². The van der Waals surface area contributed by atoms with Crippen molar-refractivity contribution in [3.05, 3.63) is 33.9 Å². The van der Waals surface area contributed by atoms with E-state index < -0.39 is 10.8 Å². The number of rotatable bonds is 8. The molecule has 0 fully saturated rings. The van der Waals surface area contributed by atoms with Gasteiger partial charge in [0.2, 0.25) is 0 Å². The highest BCUT2D eigenvalue weighted by molar-refractivity contribution is 5.96. The molecular formula is C12H17N3O4. The molecule has 0 radical (unpaired) electrons. The molecule has 0 atom stereocenters. The Morgan fingerprint density at radius 3 is 2.79 bits per heavy atom. The SMILES string of the molecule is CCCNCCOc1ccc([N+](=O)[O-])cc1C(N)=O. The molecule has 3 N–H and O–H groups in total. The fourth-order valence-corrected chi connectivity index (χ4v) is 1.48. The van der Waals surface area contributed by atoms with Crippen LogP contribution in [0.1, 0.15) is 23.7 Å². The summed E-state index contributed by atoms with van der Waals surface area (Å²) in [5.74, 6) is -0.489. The Morgan fingerprint density at radius 1 is 1.47 bits per heavy atom. The summed E-state index contributed by atoms with van der Waals surface area (Å²) < 4.78 is 5.39. The van der Waals surface area contributed by atoms with Gasteiger partial charge in [0, 0.05) is 18.7 Å². The minimum atomic E-state index is -0.750. The first-order valence-corrected chi connectivity index (χ1v) is 5.98. The molecule has 0 unspecified atom stereocenters. The molecule has 0 heterocycles. The van der Waals surface area contributed by atoms with Crippen molar-refractivity contribution >= 4 is 11.6 Å². The molecule has 104 valence electrons. The number of amides is 1. The molecular weight excluding hydrogens is 250 g/mol. The van der Waals surface area contributed by atoms with Gasteiger partial charge in [-0.1, -0.05) is 6.92 Å². The number of primary amides is 1. The zero-order chi connectivity index (χ0) is 14.3. The third-order valence-corrected chi connectivity index (χ3v) is 2.40. The molecule has 1 aromatic carbocycles. The number of hydrogen-bond donors (Lipinski definition) is 2. The summed E-state index contributed by atoms with van der Waals surface area (Å²) in [4.78, 5) is 21.3. The minimum Gasteiger partial charge on any atom is -0.491 e. The van der Waals surface area contributed by atoms with Gasteiger partial charge >= 0.3 is 0 Å². The maximum absolute atomic E-state index is 11.2. The van der Waals surface area contributed by atoms with Crippen LogP contribution in [0.15, 0.2) is 18.2 Å². The normalized spacial score (nSPS) is 10.2. The van der Waals surface area contributed by atoms with Crippen LogP contribution in [0.4, 0.5) is 5.69 Å². The molecule has 0 aliphatic carbocycles. The molecule has 7 nitrogen and oxygen atoms in total. The van der Waals surface area contributed by atoms with Gasteiger partial charge in [0.15, 0.2) is 0 Å². The largest absolute Gasteiger partial charge is 0.491 e. The molecule has 1 aromatic rings. The van der Waals surface area contributed by atoms with E-state index in [-0.39, 0.29) is 17.0 Å². The van der Waals surface area contributed by atoms with E-state index in [0.717, 1.165) is 19.0 Å². The molecule has 19 heavy (non-hydrogen) atoms. The first-order valence-electron chi connectivity index (χ1n) is 5.98. The molecule has 0 spiro atoms. The predicted octanol–water partition coefficient (Wildman–Crippen LogP) is 1.07. The number of non-ortho nitro benzene ring substituents is 1. The van der Waals surface area contributed by atoms with E-state index in [1.54, 1.807) is 0 Å². The monoisotopic (exact) mass is 267 g/mol. The van der Waals surface area contributed by atoms with E-state index in [9.17, 15) is 14.9 Å². The fourth-order valence-electron chi connectivity index (χ4n) is 1.48. The second kappa shape index (κ2) is 7.32. The Labute approximate surface area is 110 Å². The number of nitro groups is 1. The number of nitrogens with two attached hydrogens (primary N) is 1. The number of hydrogen-bond acceptors (Lipinski definition) is 5. The molecule has 0 bridgehead atoms. The van der Waals surface area contributed by atoms with Crippen molar-refractivity contribution in [2.45, 2.75) is 13.3 Å². The second-order valence-electron chi connectivity index (χ2n) is 3.90. The highest BCUT2D eigenvalue weighted by Crippen LogP contribution is 2.23. The highest BCUT2D eigenvalue weighted by atomic mass is 16.6. The van der Waals surface area contributed by atoms with Crippen molar-refractivity contribution in [3.63, 3.8) is 0 Å². The van der Waals surface area contributed by atoms with Gasteiger partial charge in [-0.15, -0.1) is 0 Å². The smallest absolute Gasteiger partial charge is 0.270 e. The van der Waals surface area contributed by atoms with Crippen molar-refractivity contribution in [2.24, 2.45) is 5.73 Å². The summed E-state index contributed by atoms with van der Waals surface area (Å²) in [6, 6.07) is 3.79. The lowest BCUT2D eigenvalue weighted by molar-refractivity contribution is -0.384. The van der Waals surface area contributed by atoms with Crippen LogP contribution < -0.4 is 15.8 Å². The summed E-state index contributed by atoms with van der Waals surface area (Å²) in [5, 5.41) is 13.8. The topological polar surface area (TPSA) is 107 Å². The van der Waals surface area contributed by atoms with Crippen molar-refractivity contribution in [2.75, 3.05) is 19.7 Å². The van der Waals surface area contributed by atoms with Crippen LogP contribution in [0.2, 0.25) is 0 Å². The van der Waals surface area contributed by atoms with Gasteiger partial charge in [-0.3, -0.25) is 14.9 Å². The van der Waals surface area contributed by atoms with Crippen LogP contribution in [-0.4, -0.2) is 30.5 Å². The molecule has 0 saturated heterocycles. The molecule has 1 rings (SSSR count). The van der Waals surface area contributed by atoms with Gasteiger partial charge in [0.05, 0.1) is 10.5 Å². The molecule has 0 aliphatic rings. The zero-order valence-electron chi connectivity index (χ0n) is 10.7. The maximum Gasteiger partial charge on any atom is 0.270 e. The quantitative estimate of drug-likeness (QED) is 0.416. The van der Waals surface area contributed by atoms with Crippen LogP contribution in [0.5, 0.6) is 5.75 Å². The van der Waals surface area contributed by atoms with E-state index in [4.69, 9.17) is 10.5 Å². The van der Waals surface area contributed by atoms with E-state index in [1.165, 1.54) is 12.1 Å². The van der Waals surface area contributed by atoms with Gasteiger partial charge < -0.3 is 15.8 Å². The van der Waals surface area contributed by atoms with Crippen LogP contribution in [0.25, 0.3) is 0 Å². The van der Waals surface area contributed by atoms with Crippen molar-refractivity contribution in [1.82, 2.24) is 5.32 Å². The summed E-state index contributed by atoms with van der Waals surface area (Å²) >= 11 is 0. The lowest BCUT2D eigenvalue weighted by Gasteiger charge is -2.09. The number of carbonyl (C=O) groups is 1. The van der Waals surface area contributed by atoms with Crippen molar-refractivity contribution in [3.8, 4) is 5.75 Å². The average molecular weight is 267 g/mol. The Morgan fingerprint density at radius 2 is 2.21 bits per heavy atom. The van der Waals surface area contributed by atoms with Crippen LogP contribution in [0.3, 0.4) is 0 Å². The lowest BCUT2D eigenvalue weighted by atomic mass is 10.1. The third-order valence-electron chi connectivity index (χ3n) is 2.40. The van der Waals surface area contributed by atoms with Gasteiger partial charge in [0.25, 0.3) is 11.6 Å². The Balaban J connectivity index is 2.71. The second-order valence-corrected chi connectivity index (χ2v) is 3.90. The van der Waals surface area contributed by atoms with Gasteiger partial charge in [-0.2, -0.15) is 0 Å². The maximum atomic E-state index is 11.2. The number of carbonyl (C=O) groups excluding carboxylic acids is 1. The van der Waals surface area contributed by atoms with E-state index >= 15 is 0 Å². The molecule has 0 aliphatic heterocycles. The van der Waals surface area contributed by atoms with Gasteiger partial charge in [0.1, 0.15) is 12.4 Å². The first kappa shape index (κ1) is 14.9. The Hall–Kier alpha value is -2.15. The van der Waals surface area contributed by atoms with Crippen molar-refractivity contribution in [1.29, 1.82) is 0 Å². The Kier molecular flexibility index (Phi) is 5.74. The molecule has 1 amide bonds. The first-order chi connectivity index (χ1) is 9.06. The zero-order valence-corrected chi connectivity index (χ0v) is 10.7. The standard InChI is InChI=1S/C12H17N3O4/c1-2-5-14-6-7-19-11-4-3-9(15(17)18)8-10(11)12(13)16/h3-4,8,14H,2,5-7H2,1H3,(H2,13,16). The van der Waals surface area contributed by atoms with E-state index in [1.807, 2.05) is 0 Å². The van der Waals surface area contributed by atoms with E-state index in [0.29, 0.717) is 13.2 Å². The van der Waals surface area contributed by atoms with E-state index in [2.05, 4.69) is 12.2 Å². The number of ether oxygens (including phenoxy) is 1. The number of nitro benzene ring substituents is 1. The third kappa shape index (κ3) is 4.55. The van der Waals surface area contributed by atoms with Crippen molar-refractivity contribution < 1.29 is 14.5 Å². The number of nitrogens with zero attached hydrogens (tertiary/aromatic N) is 1. The summed E-state index contributed by atoms with van der Waals surface area (Å²) in [7, 11) is 0. The number of benzene rings is 1. The fraction of sp³-hybridized carbons (Fsp3) is 0.417. The Bertz CT molecular complexity index is 462. The van der Waals surface area contributed by atoms with Crippen LogP contribution in [-0.2, 0) is 0 Å². The molecule has 0 saturated carbocycles. The summed E-state index contributed by atoms with van der Waals surface area (Å²) in [5.41, 5.74) is 5.01. The van der Waals surface area contributed by atoms with Crippen LogP contribution >= 0.6 is 0 Å². The number of nitrogens with one attached hydrogen (secondary N) is 1. The average Bonchev–Trinajstić information content (AvgIpc) is 2.38. The van der Waals surface area contributed by atoms with Gasteiger partial charge in [-0.05, 0) is 19.0 Å². The molecule has 7 heteroatoms. The molecule has 0 aromatic heterocycles. The minimum absolute atomic E-state index is 0.0182. The lowest BCUT2D eigenvalue weighted by Crippen LogP contribution is -2.22. The highest BCUT2D eigenvalue weighted by Gasteiger charge is 2.15. The summed E-state index contributed by atoms with van der Waals surface area (Å²) in [6.45, 7) is 3.92. The summed E-state index contributed by atoms with van der Waals surface area (Å²) in [6.07, 6.45) is 1.02. The predicted molar refractivity (Wildman–Crippen MR) is 70.3 cm³/mol.